The number of rotatable bonds is 2. The molecule has 1 aromatic rings. The van der Waals surface area contributed by atoms with Crippen molar-refractivity contribution in [1.82, 2.24) is 15.1 Å². The van der Waals surface area contributed by atoms with Gasteiger partial charge in [-0.05, 0) is 17.7 Å². The Balaban J connectivity index is 1.75. The van der Waals surface area contributed by atoms with E-state index in [1.54, 1.807) is 4.90 Å². The third-order valence-corrected chi connectivity index (χ3v) is 3.59. The molecule has 0 aliphatic carbocycles. The summed E-state index contributed by atoms with van der Waals surface area (Å²) in [5.74, 6) is -1.22. The van der Waals surface area contributed by atoms with Gasteiger partial charge in [0.05, 0.1) is 6.04 Å². The maximum atomic E-state index is 13.1. The Hall–Kier alpha value is -1.69. The smallest absolute Gasteiger partial charge is 0.318 e. The first kappa shape index (κ1) is 12.3. The monoisotopic (exact) mass is 267 g/mol. The van der Waals surface area contributed by atoms with Gasteiger partial charge in [-0.25, -0.2) is 13.6 Å². The highest BCUT2D eigenvalue weighted by molar-refractivity contribution is 5.77. The molecule has 1 atom stereocenters. The van der Waals surface area contributed by atoms with Crippen LogP contribution in [-0.4, -0.2) is 48.1 Å². The highest BCUT2D eigenvalue weighted by atomic mass is 19.1. The third-order valence-electron chi connectivity index (χ3n) is 3.59. The predicted molar refractivity (Wildman–Crippen MR) is 65.5 cm³/mol. The summed E-state index contributed by atoms with van der Waals surface area (Å²) in [5, 5.41) is 3.24. The lowest BCUT2D eigenvalue weighted by Crippen LogP contribution is -2.49. The Labute approximate surface area is 110 Å². The molecule has 2 aliphatic heterocycles. The van der Waals surface area contributed by atoms with Gasteiger partial charge in [0, 0.05) is 38.8 Å². The lowest BCUT2D eigenvalue weighted by atomic mass is 10.2. The molecule has 2 saturated heterocycles. The summed E-state index contributed by atoms with van der Waals surface area (Å²) in [6.45, 7) is 3.12. The van der Waals surface area contributed by atoms with Gasteiger partial charge in [0.2, 0.25) is 0 Å². The second-order valence-electron chi connectivity index (χ2n) is 4.99. The Kier molecular flexibility index (Phi) is 3.10. The lowest BCUT2D eigenvalue weighted by Gasteiger charge is -2.28. The molecule has 0 spiro atoms. The largest absolute Gasteiger partial charge is 0.320 e. The van der Waals surface area contributed by atoms with Gasteiger partial charge in [0.25, 0.3) is 0 Å². The van der Waals surface area contributed by atoms with Crippen LogP contribution in [0, 0.1) is 11.6 Å². The minimum absolute atomic E-state index is 0.0452. The molecule has 4 nitrogen and oxygen atoms in total. The standard InChI is InChI=1S/C13H15F2N3O/c14-10-3-9(4-11(15)5-10)7-17-8-12-6-16-1-2-18(12)13(17)19/h3-5,12,16H,1-2,6-8H2. The number of piperazine rings is 1. The zero-order valence-electron chi connectivity index (χ0n) is 10.4. The first-order chi connectivity index (χ1) is 9.13. The second kappa shape index (κ2) is 4.77. The van der Waals surface area contributed by atoms with Crippen molar-refractivity contribution >= 4 is 6.03 Å². The van der Waals surface area contributed by atoms with E-state index >= 15 is 0 Å². The van der Waals surface area contributed by atoms with Crippen LogP contribution in [0.5, 0.6) is 0 Å². The summed E-state index contributed by atoms with van der Waals surface area (Å²) in [7, 11) is 0. The van der Waals surface area contributed by atoms with Gasteiger partial charge in [0.1, 0.15) is 11.6 Å². The van der Waals surface area contributed by atoms with Crippen LogP contribution in [-0.2, 0) is 6.54 Å². The van der Waals surface area contributed by atoms with Crippen molar-refractivity contribution in [2.75, 3.05) is 26.2 Å². The fraction of sp³-hybridized carbons (Fsp3) is 0.462. The quantitative estimate of drug-likeness (QED) is 0.873. The van der Waals surface area contributed by atoms with E-state index in [2.05, 4.69) is 5.32 Å². The highest BCUT2D eigenvalue weighted by Crippen LogP contribution is 2.20. The van der Waals surface area contributed by atoms with Crippen molar-refractivity contribution in [2.24, 2.45) is 0 Å². The average Bonchev–Trinajstić information content (AvgIpc) is 2.66. The summed E-state index contributed by atoms with van der Waals surface area (Å²) >= 11 is 0. The molecule has 6 heteroatoms. The van der Waals surface area contributed by atoms with Gasteiger partial charge in [-0.1, -0.05) is 0 Å². The topological polar surface area (TPSA) is 35.6 Å². The molecule has 1 aromatic carbocycles. The molecule has 102 valence electrons. The number of urea groups is 1. The summed E-state index contributed by atoms with van der Waals surface area (Å²) in [4.78, 5) is 15.6. The van der Waals surface area contributed by atoms with Gasteiger partial charge >= 0.3 is 6.03 Å². The zero-order valence-corrected chi connectivity index (χ0v) is 10.4. The number of benzene rings is 1. The van der Waals surface area contributed by atoms with Crippen molar-refractivity contribution in [3.8, 4) is 0 Å². The third kappa shape index (κ3) is 2.40. The first-order valence-corrected chi connectivity index (χ1v) is 6.35. The first-order valence-electron chi connectivity index (χ1n) is 6.35. The number of carbonyl (C=O) groups excluding carboxylic acids is 1. The number of fused-ring (bicyclic) bond motifs is 1. The van der Waals surface area contributed by atoms with E-state index in [1.165, 1.54) is 12.1 Å². The number of halogens is 2. The van der Waals surface area contributed by atoms with E-state index in [4.69, 9.17) is 0 Å². The molecule has 2 amide bonds. The molecule has 19 heavy (non-hydrogen) atoms. The molecule has 1 unspecified atom stereocenters. The van der Waals surface area contributed by atoms with Gasteiger partial charge in [-0.3, -0.25) is 0 Å². The Morgan fingerprint density at radius 2 is 2.00 bits per heavy atom. The molecule has 1 N–H and O–H groups in total. The number of hydrogen-bond acceptors (Lipinski definition) is 2. The molecule has 2 fully saturated rings. The summed E-state index contributed by atoms with van der Waals surface area (Å²) in [6, 6.07) is 3.50. The number of amides is 2. The normalized spacial score (nSPS) is 22.8. The maximum Gasteiger partial charge on any atom is 0.320 e. The molecule has 3 rings (SSSR count). The SMILES string of the molecule is O=C1N(Cc2cc(F)cc(F)c2)CC2CNCCN12. The van der Waals surface area contributed by atoms with Crippen LogP contribution in [0.15, 0.2) is 18.2 Å². The fourth-order valence-corrected chi connectivity index (χ4v) is 2.74. The minimum Gasteiger partial charge on any atom is -0.318 e. The van der Waals surface area contributed by atoms with Crippen LogP contribution in [0.1, 0.15) is 5.56 Å². The molecule has 0 aromatic heterocycles. The van der Waals surface area contributed by atoms with Crippen LogP contribution in [0.4, 0.5) is 13.6 Å². The maximum absolute atomic E-state index is 13.1. The Bertz CT molecular complexity index is 488. The van der Waals surface area contributed by atoms with E-state index in [-0.39, 0.29) is 18.6 Å². The van der Waals surface area contributed by atoms with E-state index < -0.39 is 11.6 Å². The van der Waals surface area contributed by atoms with Gasteiger partial charge in [-0.15, -0.1) is 0 Å². The van der Waals surface area contributed by atoms with Gasteiger partial charge in [0.15, 0.2) is 0 Å². The summed E-state index contributed by atoms with van der Waals surface area (Å²) < 4.78 is 26.3. The molecule has 0 saturated carbocycles. The number of nitrogens with one attached hydrogen (secondary N) is 1. The van der Waals surface area contributed by atoms with E-state index in [0.717, 1.165) is 19.2 Å². The summed E-state index contributed by atoms with van der Waals surface area (Å²) in [6.07, 6.45) is 0. The van der Waals surface area contributed by atoms with Gasteiger partial charge in [-0.2, -0.15) is 0 Å². The van der Waals surface area contributed by atoms with Crippen LogP contribution in [0.3, 0.4) is 0 Å². The van der Waals surface area contributed by atoms with E-state index in [0.29, 0.717) is 18.7 Å². The van der Waals surface area contributed by atoms with Crippen LogP contribution < -0.4 is 5.32 Å². The van der Waals surface area contributed by atoms with Crippen molar-refractivity contribution in [2.45, 2.75) is 12.6 Å². The lowest BCUT2D eigenvalue weighted by molar-refractivity contribution is 0.178. The predicted octanol–water partition coefficient (Wildman–Crippen LogP) is 1.17. The fourth-order valence-electron chi connectivity index (χ4n) is 2.74. The number of nitrogens with zero attached hydrogens (tertiary/aromatic N) is 2. The molecule has 2 heterocycles. The molecular formula is C13H15F2N3O. The molecule has 2 aliphatic rings. The van der Waals surface area contributed by atoms with E-state index in [9.17, 15) is 13.6 Å². The van der Waals surface area contributed by atoms with Crippen molar-refractivity contribution in [3.05, 3.63) is 35.4 Å². The molecule has 0 radical (unpaired) electrons. The molecular weight excluding hydrogens is 252 g/mol. The van der Waals surface area contributed by atoms with E-state index in [1.807, 2.05) is 4.90 Å². The minimum atomic E-state index is -0.610. The second-order valence-corrected chi connectivity index (χ2v) is 4.99. The Morgan fingerprint density at radius 1 is 1.26 bits per heavy atom. The number of carbonyl (C=O) groups is 1. The average molecular weight is 267 g/mol. The highest BCUT2D eigenvalue weighted by Gasteiger charge is 2.38. The van der Waals surface area contributed by atoms with Crippen molar-refractivity contribution < 1.29 is 13.6 Å². The van der Waals surface area contributed by atoms with Crippen LogP contribution in [0.25, 0.3) is 0 Å². The zero-order chi connectivity index (χ0) is 13.4. The Morgan fingerprint density at radius 3 is 2.68 bits per heavy atom. The summed E-state index contributed by atoms with van der Waals surface area (Å²) in [5.41, 5.74) is 0.485. The number of hydrogen-bond donors (Lipinski definition) is 1. The van der Waals surface area contributed by atoms with Crippen molar-refractivity contribution in [1.29, 1.82) is 0 Å². The van der Waals surface area contributed by atoms with Crippen LogP contribution >= 0.6 is 0 Å². The van der Waals surface area contributed by atoms with Gasteiger partial charge < -0.3 is 15.1 Å². The van der Waals surface area contributed by atoms with Crippen LogP contribution in [0.2, 0.25) is 0 Å². The van der Waals surface area contributed by atoms with Crippen molar-refractivity contribution in [3.63, 3.8) is 0 Å². The molecule has 0 bridgehead atoms.